The van der Waals surface area contributed by atoms with Crippen molar-refractivity contribution in [2.45, 2.75) is 20.0 Å². The smallest absolute Gasteiger partial charge is 0.306 e. The van der Waals surface area contributed by atoms with Crippen molar-refractivity contribution in [2.24, 2.45) is 5.92 Å². The number of ether oxygens (including phenoxy) is 1. The van der Waals surface area contributed by atoms with E-state index in [1.165, 1.54) is 0 Å². The molecule has 0 amide bonds. The lowest BCUT2D eigenvalue weighted by Crippen LogP contribution is -2.12. The molecule has 4 heteroatoms. The number of aliphatic carboxylic acids is 1. The van der Waals surface area contributed by atoms with Gasteiger partial charge in [0.25, 0.3) is 0 Å². The Labute approximate surface area is 169 Å². The van der Waals surface area contributed by atoms with E-state index >= 15 is 0 Å². The van der Waals surface area contributed by atoms with Crippen LogP contribution in [-0.4, -0.2) is 16.1 Å². The number of nitrogens with one attached hydrogen (secondary N) is 1. The van der Waals surface area contributed by atoms with E-state index in [0.29, 0.717) is 13.0 Å². The summed E-state index contributed by atoms with van der Waals surface area (Å²) in [7, 11) is 0. The highest BCUT2D eigenvalue weighted by molar-refractivity contribution is 5.86. The molecule has 4 nitrogen and oxygen atoms in total. The van der Waals surface area contributed by atoms with Crippen molar-refractivity contribution in [2.75, 3.05) is 0 Å². The second kappa shape index (κ2) is 8.23. The lowest BCUT2D eigenvalue weighted by molar-refractivity contribution is -0.141. The van der Waals surface area contributed by atoms with Crippen LogP contribution in [0.3, 0.4) is 0 Å². The molecule has 1 atom stereocenters. The van der Waals surface area contributed by atoms with Gasteiger partial charge in [0.1, 0.15) is 12.4 Å². The fourth-order valence-corrected chi connectivity index (χ4v) is 3.45. The Hall–Kier alpha value is -3.53. The summed E-state index contributed by atoms with van der Waals surface area (Å²) in [5.41, 5.74) is 5.18. The van der Waals surface area contributed by atoms with Crippen LogP contribution in [0.2, 0.25) is 0 Å². The summed E-state index contributed by atoms with van der Waals surface area (Å²) >= 11 is 0. The normalized spacial score (nSPS) is 12.0. The van der Waals surface area contributed by atoms with Gasteiger partial charge in [0.2, 0.25) is 0 Å². The third-order valence-corrected chi connectivity index (χ3v) is 5.11. The highest BCUT2D eigenvalue weighted by Crippen LogP contribution is 2.34. The molecular formula is C25H23NO3. The summed E-state index contributed by atoms with van der Waals surface area (Å²) < 4.78 is 6.15. The number of hydrogen-bond donors (Lipinski definition) is 2. The maximum absolute atomic E-state index is 11.3. The average molecular weight is 385 g/mol. The molecule has 0 aliphatic heterocycles. The zero-order valence-electron chi connectivity index (χ0n) is 16.3. The van der Waals surface area contributed by atoms with Gasteiger partial charge < -0.3 is 14.8 Å². The average Bonchev–Trinajstić information content (AvgIpc) is 3.21. The first kappa shape index (κ1) is 18.8. The van der Waals surface area contributed by atoms with Gasteiger partial charge in [0.15, 0.2) is 0 Å². The van der Waals surface area contributed by atoms with E-state index in [1.807, 2.05) is 60.8 Å². The van der Waals surface area contributed by atoms with Gasteiger partial charge >= 0.3 is 5.97 Å². The molecule has 0 aliphatic carbocycles. The molecule has 2 N–H and O–H groups in total. The molecule has 0 fully saturated rings. The Bertz CT molecular complexity index is 1130. The second-order valence-corrected chi connectivity index (χ2v) is 7.33. The van der Waals surface area contributed by atoms with Crippen molar-refractivity contribution in [3.63, 3.8) is 0 Å². The summed E-state index contributed by atoms with van der Waals surface area (Å²) in [5.74, 6) is -0.439. The predicted octanol–water partition coefficient (Wildman–Crippen LogP) is 5.68. The number of fused-ring (bicyclic) bond motifs is 1. The number of carbonyl (C=O) groups is 1. The lowest BCUT2D eigenvalue weighted by atomic mass is 9.96. The minimum Gasteiger partial charge on any atom is -0.488 e. The molecule has 3 aromatic carbocycles. The molecule has 0 radical (unpaired) electrons. The van der Waals surface area contributed by atoms with Crippen LogP contribution in [0.25, 0.3) is 22.0 Å². The number of rotatable bonds is 7. The Morgan fingerprint density at radius 1 is 1.00 bits per heavy atom. The summed E-state index contributed by atoms with van der Waals surface area (Å²) in [5, 5.41) is 10.4. The van der Waals surface area contributed by atoms with Crippen molar-refractivity contribution in [1.82, 2.24) is 4.98 Å². The molecule has 4 rings (SSSR count). The number of carboxylic acid groups (broad SMARTS) is 1. The molecule has 0 saturated carbocycles. The quantitative estimate of drug-likeness (QED) is 0.430. The first-order valence-corrected chi connectivity index (χ1v) is 9.70. The largest absolute Gasteiger partial charge is 0.488 e. The van der Waals surface area contributed by atoms with Crippen LogP contribution in [0.1, 0.15) is 18.1 Å². The minimum absolute atomic E-state index is 0.439. The van der Waals surface area contributed by atoms with Gasteiger partial charge in [0, 0.05) is 17.3 Å². The number of aromatic amines is 1. The highest BCUT2D eigenvalue weighted by atomic mass is 16.5. The van der Waals surface area contributed by atoms with Crippen LogP contribution in [0, 0.1) is 5.92 Å². The van der Waals surface area contributed by atoms with Gasteiger partial charge in [-0.2, -0.15) is 0 Å². The summed E-state index contributed by atoms with van der Waals surface area (Å²) in [4.78, 5) is 14.5. The van der Waals surface area contributed by atoms with E-state index in [0.717, 1.165) is 38.9 Å². The maximum atomic E-state index is 11.3. The molecule has 0 bridgehead atoms. The summed E-state index contributed by atoms with van der Waals surface area (Å²) in [6.45, 7) is 2.21. The monoisotopic (exact) mass is 385 g/mol. The van der Waals surface area contributed by atoms with Crippen LogP contribution in [-0.2, 0) is 17.8 Å². The molecule has 0 saturated heterocycles. The fourth-order valence-electron chi connectivity index (χ4n) is 3.45. The van der Waals surface area contributed by atoms with E-state index in [1.54, 1.807) is 6.92 Å². The Morgan fingerprint density at radius 2 is 1.83 bits per heavy atom. The first-order chi connectivity index (χ1) is 14.1. The van der Waals surface area contributed by atoms with Crippen LogP contribution >= 0.6 is 0 Å². The highest BCUT2D eigenvalue weighted by Gasteiger charge is 2.15. The van der Waals surface area contributed by atoms with Crippen molar-refractivity contribution in [3.05, 3.63) is 90.1 Å². The van der Waals surface area contributed by atoms with Crippen LogP contribution in [0.4, 0.5) is 0 Å². The SMILES string of the molecule is CC(Cc1ccc(OCc2ccccc2)c(-c2ccc3[nH]ccc3c2)c1)C(=O)O. The topological polar surface area (TPSA) is 62.3 Å². The Morgan fingerprint density at radius 3 is 2.62 bits per heavy atom. The number of H-pyrrole nitrogens is 1. The number of benzene rings is 3. The van der Waals surface area contributed by atoms with Crippen molar-refractivity contribution >= 4 is 16.9 Å². The van der Waals surface area contributed by atoms with E-state index in [4.69, 9.17) is 4.74 Å². The lowest BCUT2D eigenvalue weighted by Gasteiger charge is -2.15. The van der Waals surface area contributed by atoms with Gasteiger partial charge in [-0.1, -0.05) is 49.4 Å². The Kier molecular flexibility index (Phi) is 5.34. The standard InChI is InChI=1S/C25H23NO3/c1-17(25(27)28)13-19-7-10-24(29-16-18-5-3-2-4-6-18)22(14-19)20-8-9-23-21(15-20)11-12-26-23/h2-12,14-15,17,26H,13,16H2,1H3,(H,27,28). The van der Waals surface area contributed by atoms with E-state index < -0.39 is 11.9 Å². The first-order valence-electron chi connectivity index (χ1n) is 9.70. The minimum atomic E-state index is -0.787. The molecule has 1 aromatic heterocycles. The number of carboxylic acids is 1. The van der Waals surface area contributed by atoms with Crippen LogP contribution < -0.4 is 4.74 Å². The maximum Gasteiger partial charge on any atom is 0.306 e. The molecule has 1 heterocycles. The van der Waals surface area contributed by atoms with Gasteiger partial charge in [-0.05, 0) is 58.8 Å². The second-order valence-electron chi connectivity index (χ2n) is 7.33. The number of aromatic nitrogens is 1. The molecule has 0 spiro atoms. The van der Waals surface area contributed by atoms with Crippen molar-refractivity contribution in [3.8, 4) is 16.9 Å². The van der Waals surface area contributed by atoms with Gasteiger partial charge in [0.05, 0.1) is 5.92 Å². The molecule has 1 unspecified atom stereocenters. The molecule has 0 aliphatic rings. The summed E-state index contributed by atoms with van der Waals surface area (Å²) in [6, 6.07) is 24.3. The van der Waals surface area contributed by atoms with Crippen molar-refractivity contribution in [1.29, 1.82) is 0 Å². The predicted molar refractivity (Wildman–Crippen MR) is 115 cm³/mol. The molecular weight excluding hydrogens is 362 g/mol. The fraction of sp³-hybridized carbons (Fsp3) is 0.160. The zero-order valence-corrected chi connectivity index (χ0v) is 16.3. The van der Waals surface area contributed by atoms with Gasteiger partial charge in [-0.15, -0.1) is 0 Å². The van der Waals surface area contributed by atoms with Crippen LogP contribution in [0.15, 0.2) is 79.0 Å². The zero-order chi connectivity index (χ0) is 20.2. The molecule has 29 heavy (non-hydrogen) atoms. The third kappa shape index (κ3) is 4.32. The van der Waals surface area contributed by atoms with E-state index in [-0.39, 0.29) is 0 Å². The van der Waals surface area contributed by atoms with Gasteiger partial charge in [-0.25, -0.2) is 0 Å². The van der Waals surface area contributed by atoms with Crippen molar-refractivity contribution < 1.29 is 14.6 Å². The summed E-state index contributed by atoms with van der Waals surface area (Å²) in [6.07, 6.45) is 2.40. The van der Waals surface area contributed by atoms with E-state index in [9.17, 15) is 9.90 Å². The molecule has 4 aromatic rings. The van der Waals surface area contributed by atoms with E-state index in [2.05, 4.69) is 23.2 Å². The van der Waals surface area contributed by atoms with Gasteiger partial charge in [-0.3, -0.25) is 4.79 Å². The number of hydrogen-bond acceptors (Lipinski definition) is 2. The molecule has 146 valence electrons. The Balaban J connectivity index is 1.69. The van der Waals surface area contributed by atoms with Crippen LogP contribution in [0.5, 0.6) is 5.75 Å². The third-order valence-electron chi connectivity index (χ3n) is 5.11.